The Kier molecular flexibility index (Phi) is 5.76. The number of hydrogen-bond acceptors (Lipinski definition) is 6. The maximum absolute atomic E-state index is 12.8. The second-order valence-corrected chi connectivity index (χ2v) is 7.10. The highest BCUT2D eigenvalue weighted by atomic mass is 16.1. The van der Waals surface area contributed by atoms with Crippen molar-refractivity contribution >= 4 is 11.7 Å². The zero-order chi connectivity index (χ0) is 20.1. The Labute approximate surface area is 170 Å². The van der Waals surface area contributed by atoms with Gasteiger partial charge >= 0.3 is 0 Å². The summed E-state index contributed by atoms with van der Waals surface area (Å²) in [7, 11) is 2.11. The van der Waals surface area contributed by atoms with Crippen molar-refractivity contribution in [1.29, 1.82) is 0 Å². The van der Waals surface area contributed by atoms with Crippen LogP contribution in [0.2, 0.25) is 0 Å². The van der Waals surface area contributed by atoms with Crippen molar-refractivity contribution in [3.8, 4) is 11.4 Å². The summed E-state index contributed by atoms with van der Waals surface area (Å²) in [6, 6.07) is 17.2. The lowest BCUT2D eigenvalue weighted by Crippen LogP contribution is -2.45. The van der Waals surface area contributed by atoms with Crippen LogP contribution in [0.3, 0.4) is 0 Å². The lowest BCUT2D eigenvalue weighted by Gasteiger charge is -2.33. The number of hydrogen-bond donors (Lipinski definition) is 1. The van der Waals surface area contributed by atoms with Gasteiger partial charge in [0, 0.05) is 44.0 Å². The second-order valence-electron chi connectivity index (χ2n) is 7.10. The molecule has 0 aliphatic carbocycles. The molecule has 1 saturated heterocycles. The second kappa shape index (κ2) is 8.79. The van der Waals surface area contributed by atoms with Gasteiger partial charge in [-0.3, -0.25) is 9.78 Å². The number of aromatic nitrogens is 3. The van der Waals surface area contributed by atoms with Crippen molar-refractivity contribution in [1.82, 2.24) is 25.2 Å². The molecular weight excluding hydrogens is 364 g/mol. The summed E-state index contributed by atoms with van der Waals surface area (Å²) >= 11 is 0. The molecule has 148 valence electrons. The monoisotopic (exact) mass is 388 g/mol. The van der Waals surface area contributed by atoms with Gasteiger partial charge in [-0.25, -0.2) is 9.97 Å². The first-order valence-electron chi connectivity index (χ1n) is 9.75. The number of likely N-dealkylation sites (N-methyl/N-ethyl adjacent to an activating group) is 1. The number of carbonyl (C=O) groups is 1. The molecule has 1 N–H and O–H groups in total. The Hall–Kier alpha value is -3.32. The van der Waals surface area contributed by atoms with E-state index in [0.717, 1.165) is 43.3 Å². The van der Waals surface area contributed by atoms with Gasteiger partial charge in [-0.15, -0.1) is 0 Å². The predicted octanol–water partition coefficient (Wildman–Crippen LogP) is 2.22. The maximum Gasteiger partial charge on any atom is 0.270 e. The molecule has 1 aliphatic heterocycles. The molecule has 0 radical (unpaired) electrons. The van der Waals surface area contributed by atoms with E-state index in [1.54, 1.807) is 12.3 Å². The largest absolute Gasteiger partial charge is 0.354 e. The van der Waals surface area contributed by atoms with Crippen LogP contribution in [0.5, 0.6) is 0 Å². The van der Waals surface area contributed by atoms with E-state index in [1.807, 2.05) is 48.5 Å². The average Bonchev–Trinajstić information content (AvgIpc) is 2.79. The number of amides is 1. The third-order valence-corrected chi connectivity index (χ3v) is 4.96. The molecule has 0 bridgehead atoms. The first-order chi connectivity index (χ1) is 14.2. The Balaban J connectivity index is 1.61. The Morgan fingerprint density at radius 3 is 2.48 bits per heavy atom. The molecule has 0 unspecified atom stereocenters. The number of anilines is 1. The van der Waals surface area contributed by atoms with Crippen molar-refractivity contribution < 1.29 is 4.79 Å². The third kappa shape index (κ3) is 4.75. The number of nitrogens with one attached hydrogen (secondary N) is 1. The van der Waals surface area contributed by atoms with Crippen LogP contribution in [0.4, 0.5) is 5.82 Å². The maximum atomic E-state index is 12.8. The van der Waals surface area contributed by atoms with Crippen LogP contribution in [0.1, 0.15) is 16.2 Å². The molecule has 4 rings (SSSR count). The molecule has 7 nitrogen and oxygen atoms in total. The van der Waals surface area contributed by atoms with Gasteiger partial charge < -0.3 is 15.1 Å². The highest BCUT2D eigenvalue weighted by molar-refractivity contribution is 5.93. The van der Waals surface area contributed by atoms with E-state index in [2.05, 4.69) is 32.1 Å². The topological polar surface area (TPSA) is 74.2 Å². The van der Waals surface area contributed by atoms with Gasteiger partial charge in [-0.2, -0.15) is 0 Å². The number of piperazine rings is 1. The molecule has 3 heterocycles. The number of pyridine rings is 1. The normalized spacial score (nSPS) is 14.6. The average molecular weight is 388 g/mol. The van der Waals surface area contributed by atoms with E-state index in [-0.39, 0.29) is 5.91 Å². The third-order valence-electron chi connectivity index (χ3n) is 4.96. The highest BCUT2D eigenvalue weighted by Gasteiger charge is 2.19. The molecule has 7 heteroatoms. The van der Waals surface area contributed by atoms with Crippen molar-refractivity contribution in [3.63, 3.8) is 0 Å². The summed E-state index contributed by atoms with van der Waals surface area (Å²) in [4.78, 5) is 30.9. The fraction of sp³-hybridized carbons (Fsp3) is 0.273. The van der Waals surface area contributed by atoms with Gasteiger partial charge in [0.2, 0.25) is 0 Å². The van der Waals surface area contributed by atoms with Gasteiger partial charge in [0.1, 0.15) is 11.5 Å². The Bertz CT molecular complexity index is 956. The summed E-state index contributed by atoms with van der Waals surface area (Å²) in [5.41, 5.74) is 2.06. The van der Waals surface area contributed by atoms with Crippen LogP contribution >= 0.6 is 0 Å². The Morgan fingerprint density at radius 1 is 1.00 bits per heavy atom. The predicted molar refractivity (Wildman–Crippen MR) is 113 cm³/mol. The Morgan fingerprint density at radius 2 is 1.76 bits per heavy atom. The molecule has 1 amide bonds. The van der Waals surface area contributed by atoms with Crippen LogP contribution < -0.4 is 10.2 Å². The molecular formula is C22H24N6O. The summed E-state index contributed by atoms with van der Waals surface area (Å²) in [5.74, 6) is 1.12. The number of rotatable bonds is 5. The fourth-order valence-corrected chi connectivity index (χ4v) is 3.23. The van der Waals surface area contributed by atoms with E-state index >= 15 is 0 Å². The summed E-state index contributed by atoms with van der Waals surface area (Å²) in [6.45, 7) is 4.03. The summed E-state index contributed by atoms with van der Waals surface area (Å²) in [6.07, 6.45) is 1.71. The SMILES string of the molecule is CN1CCN(c2cc(C(=O)NCc3ccccn3)nc(-c3ccccc3)n2)CC1. The standard InChI is InChI=1S/C22H24N6O/c1-27-11-13-28(14-12-27)20-15-19(22(29)24-16-18-9-5-6-10-23-18)25-21(26-20)17-7-3-2-4-8-17/h2-10,15H,11-14,16H2,1H3,(H,24,29). The minimum absolute atomic E-state index is 0.231. The molecule has 2 aromatic heterocycles. The van der Waals surface area contributed by atoms with E-state index in [9.17, 15) is 4.79 Å². The number of carbonyl (C=O) groups excluding carboxylic acids is 1. The number of nitrogens with zero attached hydrogens (tertiary/aromatic N) is 5. The zero-order valence-corrected chi connectivity index (χ0v) is 16.5. The van der Waals surface area contributed by atoms with Crippen molar-refractivity contribution in [2.24, 2.45) is 0 Å². The minimum Gasteiger partial charge on any atom is -0.354 e. The smallest absolute Gasteiger partial charge is 0.270 e. The van der Waals surface area contributed by atoms with Crippen molar-refractivity contribution in [2.45, 2.75) is 6.54 Å². The molecule has 0 spiro atoms. The van der Waals surface area contributed by atoms with E-state index in [0.29, 0.717) is 18.1 Å². The lowest BCUT2D eigenvalue weighted by molar-refractivity contribution is 0.0945. The van der Waals surface area contributed by atoms with Crippen molar-refractivity contribution in [3.05, 3.63) is 72.2 Å². The van der Waals surface area contributed by atoms with E-state index in [1.165, 1.54) is 0 Å². The van der Waals surface area contributed by atoms with E-state index < -0.39 is 0 Å². The van der Waals surface area contributed by atoms with Gasteiger partial charge in [0.25, 0.3) is 5.91 Å². The molecule has 0 atom stereocenters. The van der Waals surface area contributed by atoms with Gasteiger partial charge in [0.05, 0.1) is 12.2 Å². The van der Waals surface area contributed by atoms with Gasteiger partial charge in [-0.1, -0.05) is 36.4 Å². The van der Waals surface area contributed by atoms with Gasteiger partial charge in [-0.05, 0) is 19.2 Å². The lowest BCUT2D eigenvalue weighted by atomic mass is 10.2. The van der Waals surface area contributed by atoms with Crippen LogP contribution in [-0.4, -0.2) is 59.0 Å². The quantitative estimate of drug-likeness (QED) is 0.722. The molecule has 1 fully saturated rings. The van der Waals surface area contributed by atoms with Crippen LogP contribution in [0.15, 0.2) is 60.8 Å². The molecule has 0 saturated carbocycles. The van der Waals surface area contributed by atoms with Gasteiger partial charge in [0.15, 0.2) is 5.82 Å². The van der Waals surface area contributed by atoms with Crippen LogP contribution in [0.25, 0.3) is 11.4 Å². The first-order valence-corrected chi connectivity index (χ1v) is 9.75. The van der Waals surface area contributed by atoms with Crippen LogP contribution in [0, 0.1) is 0 Å². The molecule has 1 aliphatic rings. The first kappa shape index (κ1) is 19.0. The van der Waals surface area contributed by atoms with Crippen LogP contribution in [-0.2, 0) is 6.54 Å². The summed E-state index contributed by atoms with van der Waals surface area (Å²) < 4.78 is 0. The minimum atomic E-state index is -0.231. The summed E-state index contributed by atoms with van der Waals surface area (Å²) in [5, 5.41) is 2.91. The molecule has 3 aromatic rings. The number of benzene rings is 1. The molecule has 29 heavy (non-hydrogen) atoms. The zero-order valence-electron chi connectivity index (χ0n) is 16.5. The van der Waals surface area contributed by atoms with Crippen molar-refractivity contribution in [2.75, 3.05) is 38.1 Å². The van der Waals surface area contributed by atoms with E-state index in [4.69, 9.17) is 4.98 Å². The molecule has 1 aromatic carbocycles. The fourth-order valence-electron chi connectivity index (χ4n) is 3.23. The highest BCUT2D eigenvalue weighted by Crippen LogP contribution is 2.21.